The van der Waals surface area contributed by atoms with Crippen molar-refractivity contribution < 1.29 is 14.7 Å². The summed E-state index contributed by atoms with van der Waals surface area (Å²) in [7, 11) is 0. The first-order valence-electron chi connectivity index (χ1n) is 7.20. The number of carboxylic acid groups (broad SMARTS) is 1. The highest BCUT2D eigenvalue weighted by molar-refractivity contribution is 7.99. The number of amides is 1. The third-order valence-corrected chi connectivity index (χ3v) is 5.22. The van der Waals surface area contributed by atoms with E-state index in [-0.39, 0.29) is 5.69 Å². The summed E-state index contributed by atoms with van der Waals surface area (Å²) in [5.41, 5.74) is -0.403. The van der Waals surface area contributed by atoms with Crippen LogP contribution in [0, 0.1) is 0 Å². The van der Waals surface area contributed by atoms with Gasteiger partial charge < -0.3 is 10.4 Å². The van der Waals surface area contributed by atoms with E-state index in [0.717, 1.165) is 5.39 Å². The number of thioether (sulfide) groups is 1. The number of aliphatic carboxylic acids is 1. The third kappa shape index (κ3) is 3.28. The molecule has 0 atom stereocenters. The van der Waals surface area contributed by atoms with Gasteiger partial charge in [0.1, 0.15) is 11.2 Å². The molecule has 23 heavy (non-hydrogen) atoms. The fourth-order valence-electron chi connectivity index (χ4n) is 2.61. The first-order chi connectivity index (χ1) is 11.0. The van der Waals surface area contributed by atoms with E-state index in [0.29, 0.717) is 34.9 Å². The van der Waals surface area contributed by atoms with Crippen molar-refractivity contribution in [2.24, 2.45) is 0 Å². The summed E-state index contributed by atoms with van der Waals surface area (Å²) in [5, 5.41) is 13.6. The Morgan fingerprint density at radius 1 is 1.22 bits per heavy atom. The number of hydrogen-bond donors (Lipinski definition) is 2. The lowest BCUT2D eigenvalue weighted by Gasteiger charge is -2.33. The highest BCUT2D eigenvalue weighted by Crippen LogP contribution is 2.28. The zero-order valence-electron chi connectivity index (χ0n) is 12.2. The summed E-state index contributed by atoms with van der Waals surface area (Å²) in [6.07, 6.45) is 0.830. The molecule has 0 radical (unpaired) electrons. The average molecular weight is 351 g/mol. The number of carboxylic acids is 1. The first-order valence-corrected chi connectivity index (χ1v) is 8.73. The number of halogens is 1. The Labute approximate surface area is 142 Å². The number of carbonyl (C=O) groups is 2. The van der Waals surface area contributed by atoms with Crippen LogP contribution in [0.2, 0.25) is 5.02 Å². The van der Waals surface area contributed by atoms with E-state index in [4.69, 9.17) is 11.6 Å². The Kier molecular flexibility index (Phi) is 4.46. The van der Waals surface area contributed by atoms with Crippen molar-refractivity contribution >= 4 is 46.1 Å². The summed E-state index contributed by atoms with van der Waals surface area (Å²) < 4.78 is 0. The van der Waals surface area contributed by atoms with Gasteiger partial charge in [-0.2, -0.15) is 11.8 Å². The van der Waals surface area contributed by atoms with Crippen LogP contribution in [0.3, 0.4) is 0 Å². The monoisotopic (exact) mass is 350 g/mol. The van der Waals surface area contributed by atoms with Gasteiger partial charge in [0.05, 0.1) is 5.52 Å². The number of benzene rings is 1. The van der Waals surface area contributed by atoms with Crippen LogP contribution in [-0.2, 0) is 4.79 Å². The topological polar surface area (TPSA) is 79.3 Å². The minimum atomic E-state index is -1.20. The van der Waals surface area contributed by atoms with Crippen LogP contribution in [0.1, 0.15) is 23.3 Å². The van der Waals surface area contributed by atoms with Crippen molar-refractivity contribution in [3.8, 4) is 0 Å². The Hall–Kier alpha value is -1.79. The van der Waals surface area contributed by atoms with Crippen LogP contribution in [0.15, 0.2) is 30.3 Å². The van der Waals surface area contributed by atoms with E-state index >= 15 is 0 Å². The van der Waals surface area contributed by atoms with Crippen molar-refractivity contribution in [1.29, 1.82) is 0 Å². The maximum absolute atomic E-state index is 12.5. The lowest BCUT2D eigenvalue weighted by molar-refractivity contribution is -0.144. The highest BCUT2D eigenvalue weighted by atomic mass is 35.5. The van der Waals surface area contributed by atoms with Crippen molar-refractivity contribution in [2.75, 3.05) is 11.5 Å². The molecule has 0 aliphatic carbocycles. The molecule has 3 rings (SSSR count). The van der Waals surface area contributed by atoms with Crippen molar-refractivity contribution in [1.82, 2.24) is 10.3 Å². The van der Waals surface area contributed by atoms with Gasteiger partial charge in [-0.05, 0) is 42.5 Å². The first kappa shape index (κ1) is 16.1. The Bertz CT molecular complexity index is 775. The van der Waals surface area contributed by atoms with Gasteiger partial charge in [0.25, 0.3) is 5.91 Å². The second-order valence-electron chi connectivity index (χ2n) is 5.49. The fraction of sp³-hybridized carbons (Fsp3) is 0.312. The predicted octanol–water partition coefficient (Wildman–Crippen LogP) is 2.97. The number of pyridine rings is 1. The zero-order valence-corrected chi connectivity index (χ0v) is 13.8. The van der Waals surface area contributed by atoms with Crippen molar-refractivity contribution in [3.05, 3.63) is 41.0 Å². The van der Waals surface area contributed by atoms with Crippen LogP contribution < -0.4 is 5.32 Å². The Balaban J connectivity index is 1.88. The number of rotatable bonds is 3. The van der Waals surface area contributed by atoms with E-state index in [1.54, 1.807) is 36.0 Å². The molecule has 1 amide bonds. The summed E-state index contributed by atoms with van der Waals surface area (Å²) in [6, 6.07) is 8.63. The number of nitrogens with one attached hydrogen (secondary N) is 1. The lowest BCUT2D eigenvalue weighted by Crippen LogP contribution is -2.56. The van der Waals surface area contributed by atoms with E-state index < -0.39 is 17.4 Å². The molecule has 120 valence electrons. The molecular weight excluding hydrogens is 336 g/mol. The van der Waals surface area contributed by atoms with Gasteiger partial charge in [-0.25, -0.2) is 9.78 Å². The molecule has 0 bridgehead atoms. The molecule has 0 saturated carbocycles. The number of aromatic nitrogens is 1. The minimum absolute atomic E-state index is 0.193. The normalized spacial score (nSPS) is 16.9. The van der Waals surface area contributed by atoms with E-state index in [2.05, 4.69) is 10.3 Å². The van der Waals surface area contributed by atoms with Crippen LogP contribution >= 0.6 is 23.4 Å². The summed E-state index contributed by atoms with van der Waals surface area (Å²) in [6.45, 7) is 0. The molecule has 0 spiro atoms. The predicted molar refractivity (Wildman–Crippen MR) is 91.1 cm³/mol. The summed E-state index contributed by atoms with van der Waals surface area (Å²) in [4.78, 5) is 28.4. The number of hydrogen-bond acceptors (Lipinski definition) is 4. The second-order valence-corrected chi connectivity index (χ2v) is 7.15. The van der Waals surface area contributed by atoms with Crippen LogP contribution in [0.4, 0.5) is 0 Å². The standard InChI is InChI=1S/C16H15ClN2O3S/c17-11-3-1-10-2-4-12(18-13(10)9-11)14(20)19-16(15(21)22)5-7-23-8-6-16/h1-4,9H,5-8H2,(H,19,20)(H,21,22). The molecule has 1 saturated heterocycles. The van der Waals surface area contributed by atoms with Crippen LogP contribution in [0.25, 0.3) is 10.9 Å². The van der Waals surface area contributed by atoms with Gasteiger partial charge in [-0.1, -0.05) is 23.7 Å². The zero-order chi connectivity index (χ0) is 16.4. The largest absolute Gasteiger partial charge is 0.480 e. The molecule has 1 fully saturated rings. The smallest absolute Gasteiger partial charge is 0.329 e. The minimum Gasteiger partial charge on any atom is -0.480 e. The molecule has 1 aromatic carbocycles. The van der Waals surface area contributed by atoms with Crippen LogP contribution in [0.5, 0.6) is 0 Å². The van der Waals surface area contributed by atoms with Crippen molar-refractivity contribution in [2.45, 2.75) is 18.4 Å². The van der Waals surface area contributed by atoms with E-state index in [1.165, 1.54) is 0 Å². The average Bonchev–Trinajstić information content (AvgIpc) is 2.54. The quantitative estimate of drug-likeness (QED) is 0.889. The molecule has 2 aromatic rings. The molecule has 1 aliphatic heterocycles. The number of fused-ring (bicyclic) bond motifs is 1. The maximum atomic E-state index is 12.5. The number of carbonyl (C=O) groups excluding carboxylic acids is 1. The highest BCUT2D eigenvalue weighted by Gasteiger charge is 2.41. The molecule has 0 unspecified atom stereocenters. The van der Waals surface area contributed by atoms with Gasteiger partial charge in [0, 0.05) is 10.4 Å². The third-order valence-electron chi connectivity index (χ3n) is 4.00. The summed E-state index contributed by atoms with van der Waals surface area (Å²) in [5.74, 6) is -0.0307. The molecule has 1 aromatic heterocycles. The Morgan fingerprint density at radius 2 is 1.91 bits per heavy atom. The van der Waals surface area contributed by atoms with Crippen LogP contribution in [-0.4, -0.2) is 39.0 Å². The maximum Gasteiger partial charge on any atom is 0.329 e. The fourth-order valence-corrected chi connectivity index (χ4v) is 3.97. The van der Waals surface area contributed by atoms with Crippen molar-refractivity contribution in [3.63, 3.8) is 0 Å². The van der Waals surface area contributed by atoms with Gasteiger partial charge in [0.2, 0.25) is 0 Å². The lowest BCUT2D eigenvalue weighted by atomic mass is 9.92. The Morgan fingerprint density at radius 3 is 2.61 bits per heavy atom. The SMILES string of the molecule is O=C(NC1(C(=O)O)CCSCC1)c1ccc2ccc(Cl)cc2n1. The van der Waals surface area contributed by atoms with E-state index in [9.17, 15) is 14.7 Å². The molecular formula is C16H15ClN2O3S. The van der Waals surface area contributed by atoms with Gasteiger partial charge in [-0.15, -0.1) is 0 Å². The van der Waals surface area contributed by atoms with E-state index in [1.807, 2.05) is 6.07 Å². The molecule has 2 N–H and O–H groups in total. The second kappa shape index (κ2) is 6.37. The van der Waals surface area contributed by atoms with Gasteiger partial charge >= 0.3 is 5.97 Å². The summed E-state index contributed by atoms with van der Waals surface area (Å²) >= 11 is 7.65. The molecule has 5 nitrogen and oxygen atoms in total. The number of nitrogens with zero attached hydrogens (tertiary/aromatic N) is 1. The van der Waals surface area contributed by atoms with Gasteiger partial charge in [0.15, 0.2) is 0 Å². The van der Waals surface area contributed by atoms with Gasteiger partial charge in [-0.3, -0.25) is 4.79 Å². The molecule has 7 heteroatoms. The molecule has 2 heterocycles. The molecule has 1 aliphatic rings.